The molecule has 0 unspecified atom stereocenters. The first-order valence-electron chi connectivity index (χ1n) is 19.7. The summed E-state index contributed by atoms with van der Waals surface area (Å²) < 4.78 is 26.5. The molecule has 0 spiro atoms. The average Bonchev–Trinajstić information content (AvgIpc) is 3.36. The van der Waals surface area contributed by atoms with Crippen molar-refractivity contribution in [1.82, 2.24) is 9.97 Å². The largest absolute Gasteiger partial charge is 2.00 e. The van der Waals surface area contributed by atoms with Crippen LogP contribution in [-0.2, 0) is 34.1 Å². The van der Waals surface area contributed by atoms with Gasteiger partial charge in [0.05, 0.1) is 23.9 Å². The third-order valence-corrected chi connectivity index (χ3v) is 8.17. The second-order valence-electron chi connectivity index (χ2n) is 12.9. The molecule has 0 aliphatic rings. The monoisotopic (exact) mass is 1010 g/mol. The van der Waals surface area contributed by atoms with Crippen LogP contribution in [0, 0.1) is 11.6 Å². The van der Waals surface area contributed by atoms with E-state index in [-0.39, 0.29) is 68.0 Å². The zero-order valence-electron chi connectivity index (χ0n) is 35.6. The van der Waals surface area contributed by atoms with Gasteiger partial charge in [-0.2, -0.15) is 0 Å². The second kappa shape index (κ2) is 34.3. The summed E-state index contributed by atoms with van der Waals surface area (Å²) in [5, 5.41) is 40.4. The van der Waals surface area contributed by atoms with E-state index < -0.39 is 23.9 Å². The van der Waals surface area contributed by atoms with E-state index in [2.05, 4.69) is 9.97 Å². The van der Waals surface area contributed by atoms with Crippen LogP contribution in [-0.4, -0.2) is 33.8 Å². The van der Waals surface area contributed by atoms with Crippen molar-refractivity contribution in [3.63, 3.8) is 0 Å². The molecule has 2 aromatic heterocycles. The molecule has 14 heteroatoms. The van der Waals surface area contributed by atoms with Gasteiger partial charge in [0.1, 0.15) is 11.6 Å². The molecule has 0 aliphatic carbocycles. The van der Waals surface area contributed by atoms with Crippen molar-refractivity contribution in [2.75, 3.05) is 0 Å². The Morgan fingerprint density at radius 3 is 0.750 bits per heavy atom. The van der Waals surface area contributed by atoms with E-state index in [9.17, 15) is 48.4 Å². The van der Waals surface area contributed by atoms with Crippen molar-refractivity contribution < 1.29 is 82.5 Å². The van der Waals surface area contributed by atoms with Crippen molar-refractivity contribution in [3.05, 3.63) is 275 Å². The van der Waals surface area contributed by atoms with Crippen LogP contribution in [0.2, 0.25) is 0 Å². The zero-order valence-corrected chi connectivity index (χ0v) is 37.5. The molecule has 0 bridgehead atoms. The van der Waals surface area contributed by atoms with Crippen molar-refractivity contribution in [3.8, 4) is 0 Å². The molecular formula is C54H40Cu2F2N2O8. The van der Waals surface area contributed by atoms with E-state index in [0.717, 1.165) is 11.1 Å². The Balaban J connectivity index is 0.000000413. The summed E-state index contributed by atoms with van der Waals surface area (Å²) in [4.78, 5) is 48.2. The van der Waals surface area contributed by atoms with E-state index in [4.69, 9.17) is 0 Å². The number of hydrogen-bond acceptors (Lipinski definition) is 10. The van der Waals surface area contributed by atoms with E-state index in [1.807, 2.05) is 48.6 Å². The fourth-order valence-electron chi connectivity index (χ4n) is 4.84. The first-order valence-corrected chi connectivity index (χ1v) is 19.7. The Morgan fingerprint density at radius 2 is 0.544 bits per heavy atom. The van der Waals surface area contributed by atoms with Crippen LogP contribution in [0.1, 0.15) is 63.7 Å². The minimum atomic E-state index is -1.13. The first kappa shape index (κ1) is 57.9. The molecular weight excluding hydrogens is 970 g/mol. The zero-order chi connectivity index (χ0) is 47.8. The fraction of sp³-hybridized carbons (Fsp3) is 0. The summed E-state index contributed by atoms with van der Waals surface area (Å²) in [5.41, 5.74) is 4.08. The second-order valence-corrected chi connectivity index (χ2v) is 12.9. The van der Waals surface area contributed by atoms with Gasteiger partial charge in [0.15, 0.2) is 0 Å². The SMILES string of the molecule is Fc1ccccc1/C=C/c1ccncc1.Fc1ccccc1/C=C/c1ccncc1.O=C([O-])c1ccccc1.O=C([O-])c1ccccc1.O=C([O-])c1ccccc1.O=C([O-])c1ccccc1.[Cu+2].[Cu+2]. The van der Waals surface area contributed by atoms with Crippen LogP contribution in [0.25, 0.3) is 24.3 Å². The molecule has 10 nitrogen and oxygen atoms in total. The van der Waals surface area contributed by atoms with Crippen LogP contribution >= 0.6 is 0 Å². The number of aromatic carboxylic acids is 4. The maximum Gasteiger partial charge on any atom is 2.00 e. The molecule has 0 atom stereocenters. The van der Waals surface area contributed by atoms with Crippen molar-refractivity contribution in [1.29, 1.82) is 0 Å². The number of hydrogen-bond donors (Lipinski definition) is 0. The smallest absolute Gasteiger partial charge is 0.545 e. The van der Waals surface area contributed by atoms with Gasteiger partial charge in [-0.3, -0.25) is 9.97 Å². The van der Waals surface area contributed by atoms with Crippen molar-refractivity contribution in [2.24, 2.45) is 0 Å². The summed E-state index contributed by atoms with van der Waals surface area (Å²) >= 11 is 0. The first-order chi connectivity index (χ1) is 31.9. The van der Waals surface area contributed by atoms with Gasteiger partial charge in [-0.1, -0.05) is 182 Å². The quantitative estimate of drug-likeness (QED) is 0.144. The maximum absolute atomic E-state index is 13.2. The molecule has 68 heavy (non-hydrogen) atoms. The fourth-order valence-corrected chi connectivity index (χ4v) is 4.84. The van der Waals surface area contributed by atoms with Crippen molar-refractivity contribution >= 4 is 48.2 Å². The van der Waals surface area contributed by atoms with Gasteiger partial charge in [0.2, 0.25) is 0 Å². The Kier molecular flexibility index (Phi) is 29.2. The molecule has 0 N–H and O–H groups in total. The number of aromatic nitrogens is 2. The molecule has 0 fully saturated rings. The van der Waals surface area contributed by atoms with Crippen LogP contribution in [0.3, 0.4) is 0 Å². The van der Waals surface area contributed by atoms with Gasteiger partial charge < -0.3 is 39.6 Å². The maximum atomic E-state index is 13.2. The summed E-state index contributed by atoms with van der Waals surface area (Å²) in [7, 11) is 0. The number of carboxylic acids is 4. The molecule has 2 heterocycles. The van der Waals surface area contributed by atoms with Gasteiger partial charge in [-0.05, 0) is 69.8 Å². The summed E-state index contributed by atoms with van der Waals surface area (Å²) in [6.07, 6.45) is 14.1. The molecule has 0 amide bonds. The molecule has 8 aromatic rings. The van der Waals surface area contributed by atoms with E-state index in [0.29, 0.717) is 11.1 Å². The summed E-state index contributed by atoms with van der Waals surface area (Å²) in [5.74, 6) is -4.93. The molecule has 2 radical (unpaired) electrons. The third-order valence-electron chi connectivity index (χ3n) is 8.17. The molecule has 8 rings (SSSR count). The Morgan fingerprint density at radius 1 is 0.324 bits per heavy atom. The summed E-state index contributed by atoms with van der Waals surface area (Å²) in [6, 6.07) is 53.1. The standard InChI is InChI=1S/2C13H10FN.4C7H6O2.2Cu/c2*14-13-4-2-1-3-12(13)6-5-11-7-9-15-10-8-11;4*8-7(9)6-4-2-1-3-5-6;;/h2*1-10H;4*1-5H,(H,8,9);;/q;;;;;;2*+2/p-4/b2*6-5+;;;;;;. The van der Waals surface area contributed by atoms with E-state index >= 15 is 0 Å². The van der Waals surface area contributed by atoms with Gasteiger partial charge in [0.25, 0.3) is 0 Å². The normalized spacial score (nSPS) is 9.44. The number of carboxylic acid groups (broad SMARTS) is 4. The third kappa shape index (κ3) is 24.2. The number of halogens is 2. The Labute approximate surface area is 413 Å². The number of benzene rings is 6. The van der Waals surface area contributed by atoms with Gasteiger partial charge >= 0.3 is 34.1 Å². The average molecular weight is 1010 g/mol. The molecule has 6 aromatic carbocycles. The van der Waals surface area contributed by atoms with Crippen LogP contribution < -0.4 is 20.4 Å². The minimum absolute atomic E-state index is 0. The number of carbonyl (C=O) groups excluding carboxylic acids is 4. The van der Waals surface area contributed by atoms with Gasteiger partial charge in [0, 0.05) is 35.9 Å². The Bertz CT molecular complexity index is 2430. The summed E-state index contributed by atoms with van der Waals surface area (Å²) in [6.45, 7) is 0. The van der Waals surface area contributed by atoms with E-state index in [1.165, 1.54) is 60.7 Å². The van der Waals surface area contributed by atoms with Crippen LogP contribution in [0.15, 0.2) is 219 Å². The number of pyridine rings is 2. The Hall–Kier alpha value is -8.12. The number of nitrogens with zero attached hydrogens (tertiary/aromatic N) is 2. The predicted molar refractivity (Wildman–Crippen MR) is 242 cm³/mol. The van der Waals surface area contributed by atoms with E-state index in [1.54, 1.807) is 134 Å². The molecule has 350 valence electrons. The topological polar surface area (TPSA) is 186 Å². The van der Waals surface area contributed by atoms with Gasteiger partial charge in [-0.25, -0.2) is 8.78 Å². The molecule has 0 aliphatic heterocycles. The van der Waals surface area contributed by atoms with Crippen LogP contribution in [0.5, 0.6) is 0 Å². The van der Waals surface area contributed by atoms with Crippen molar-refractivity contribution in [2.45, 2.75) is 0 Å². The van der Waals surface area contributed by atoms with Crippen LogP contribution in [0.4, 0.5) is 8.78 Å². The minimum Gasteiger partial charge on any atom is -0.545 e. The molecule has 0 saturated heterocycles. The molecule has 0 saturated carbocycles. The number of rotatable bonds is 8. The predicted octanol–water partition coefficient (Wildman–Crippen LogP) is 6.98. The van der Waals surface area contributed by atoms with Gasteiger partial charge in [-0.15, -0.1) is 0 Å². The number of carbonyl (C=O) groups is 4.